The maximum absolute atomic E-state index is 10.1. The standard InChI is InChI=1S/C22H33N3O5/c1-27-18-7-5-6-16(20(18)26)14-24-12-10-23-11-13-25-15-17-8-9-19(28-2)22(30-4)21(17)29-3/h5-9,23-26H,10-15H2,1-4H3. The number of phenolic OH excluding ortho intramolecular Hbond substituents is 1. The Morgan fingerprint density at radius 2 is 1.23 bits per heavy atom. The molecular weight excluding hydrogens is 386 g/mol. The van der Waals surface area contributed by atoms with Gasteiger partial charge in [0, 0.05) is 50.4 Å². The van der Waals surface area contributed by atoms with E-state index in [1.165, 1.54) is 0 Å². The van der Waals surface area contributed by atoms with E-state index in [0.29, 0.717) is 36.1 Å². The Balaban J connectivity index is 1.64. The molecule has 0 unspecified atom stereocenters. The molecule has 0 saturated heterocycles. The first-order chi connectivity index (χ1) is 14.7. The summed E-state index contributed by atoms with van der Waals surface area (Å²) >= 11 is 0. The summed E-state index contributed by atoms with van der Waals surface area (Å²) in [4.78, 5) is 0. The van der Waals surface area contributed by atoms with Crippen molar-refractivity contribution < 1.29 is 24.1 Å². The highest BCUT2D eigenvalue weighted by Gasteiger charge is 2.15. The van der Waals surface area contributed by atoms with Crippen LogP contribution in [0.2, 0.25) is 0 Å². The molecule has 0 heterocycles. The fourth-order valence-corrected chi connectivity index (χ4v) is 3.10. The zero-order valence-electron chi connectivity index (χ0n) is 18.2. The molecule has 0 aromatic heterocycles. The van der Waals surface area contributed by atoms with Crippen LogP contribution < -0.4 is 34.9 Å². The predicted molar refractivity (Wildman–Crippen MR) is 117 cm³/mol. The molecule has 0 spiro atoms. The van der Waals surface area contributed by atoms with Crippen molar-refractivity contribution in [3.8, 4) is 28.7 Å². The van der Waals surface area contributed by atoms with Gasteiger partial charge in [0.15, 0.2) is 23.0 Å². The fourth-order valence-electron chi connectivity index (χ4n) is 3.10. The van der Waals surface area contributed by atoms with Crippen LogP contribution in [-0.2, 0) is 13.1 Å². The first kappa shape index (κ1) is 23.6. The lowest BCUT2D eigenvalue weighted by molar-refractivity contribution is 0.321. The third-order valence-electron chi connectivity index (χ3n) is 4.68. The van der Waals surface area contributed by atoms with Crippen molar-refractivity contribution in [2.45, 2.75) is 13.1 Å². The van der Waals surface area contributed by atoms with Crippen LogP contribution in [-0.4, -0.2) is 59.7 Å². The van der Waals surface area contributed by atoms with Gasteiger partial charge in [0.05, 0.1) is 28.4 Å². The highest BCUT2D eigenvalue weighted by molar-refractivity contribution is 5.55. The van der Waals surface area contributed by atoms with E-state index in [1.807, 2.05) is 24.3 Å². The third kappa shape index (κ3) is 6.41. The monoisotopic (exact) mass is 419 g/mol. The van der Waals surface area contributed by atoms with E-state index in [0.717, 1.165) is 37.3 Å². The van der Waals surface area contributed by atoms with Crippen LogP contribution in [0.3, 0.4) is 0 Å². The average Bonchev–Trinajstić information content (AvgIpc) is 2.78. The van der Waals surface area contributed by atoms with E-state index >= 15 is 0 Å². The van der Waals surface area contributed by atoms with E-state index in [4.69, 9.17) is 18.9 Å². The molecule has 166 valence electrons. The minimum absolute atomic E-state index is 0.190. The minimum Gasteiger partial charge on any atom is -0.504 e. The number of hydrogen-bond donors (Lipinski definition) is 4. The number of rotatable bonds is 14. The van der Waals surface area contributed by atoms with Crippen molar-refractivity contribution >= 4 is 0 Å². The lowest BCUT2D eigenvalue weighted by atomic mass is 10.1. The van der Waals surface area contributed by atoms with Gasteiger partial charge < -0.3 is 40.0 Å². The molecule has 30 heavy (non-hydrogen) atoms. The second kappa shape index (κ2) is 12.8. The van der Waals surface area contributed by atoms with Gasteiger partial charge >= 0.3 is 0 Å². The molecule has 0 amide bonds. The van der Waals surface area contributed by atoms with Crippen molar-refractivity contribution in [2.24, 2.45) is 0 Å². The van der Waals surface area contributed by atoms with Crippen molar-refractivity contribution in [2.75, 3.05) is 54.6 Å². The van der Waals surface area contributed by atoms with Crippen LogP contribution in [0.1, 0.15) is 11.1 Å². The second-order valence-corrected chi connectivity index (χ2v) is 6.57. The number of benzene rings is 2. The van der Waals surface area contributed by atoms with Crippen molar-refractivity contribution in [3.63, 3.8) is 0 Å². The number of phenols is 1. The zero-order valence-corrected chi connectivity index (χ0v) is 18.2. The molecule has 2 aromatic carbocycles. The third-order valence-corrected chi connectivity index (χ3v) is 4.68. The number of para-hydroxylation sites is 1. The Morgan fingerprint density at radius 1 is 0.633 bits per heavy atom. The lowest BCUT2D eigenvalue weighted by Crippen LogP contribution is -2.32. The molecule has 0 aliphatic heterocycles. The predicted octanol–water partition coefficient (Wildman–Crippen LogP) is 1.90. The Labute approximate surface area is 178 Å². The SMILES string of the molecule is COc1cccc(CNCCNCCNCc2ccc(OC)c(OC)c2OC)c1O. The maximum atomic E-state index is 10.1. The normalized spacial score (nSPS) is 10.7. The van der Waals surface area contributed by atoms with Gasteiger partial charge in [-0.05, 0) is 12.1 Å². The van der Waals surface area contributed by atoms with Gasteiger partial charge in [-0.25, -0.2) is 0 Å². The molecular formula is C22H33N3O5. The molecule has 0 atom stereocenters. The van der Waals surface area contributed by atoms with Gasteiger partial charge in [-0.3, -0.25) is 0 Å². The summed E-state index contributed by atoms with van der Waals surface area (Å²) in [7, 11) is 6.38. The summed E-state index contributed by atoms with van der Waals surface area (Å²) in [6.07, 6.45) is 0. The van der Waals surface area contributed by atoms with Crippen LogP contribution >= 0.6 is 0 Å². The molecule has 0 aliphatic carbocycles. The van der Waals surface area contributed by atoms with E-state index in [-0.39, 0.29) is 5.75 Å². The van der Waals surface area contributed by atoms with Crippen molar-refractivity contribution in [1.29, 1.82) is 0 Å². The molecule has 0 fully saturated rings. The van der Waals surface area contributed by atoms with E-state index in [1.54, 1.807) is 34.5 Å². The molecule has 0 radical (unpaired) electrons. The van der Waals surface area contributed by atoms with Gasteiger partial charge in [-0.15, -0.1) is 0 Å². The van der Waals surface area contributed by atoms with E-state index < -0.39 is 0 Å². The minimum atomic E-state index is 0.190. The van der Waals surface area contributed by atoms with Gasteiger partial charge in [0.2, 0.25) is 5.75 Å². The first-order valence-electron chi connectivity index (χ1n) is 9.91. The summed E-state index contributed by atoms with van der Waals surface area (Å²) in [5.74, 6) is 2.61. The van der Waals surface area contributed by atoms with Crippen LogP contribution in [0.25, 0.3) is 0 Å². The fraction of sp³-hybridized carbons (Fsp3) is 0.455. The molecule has 2 rings (SSSR count). The molecule has 0 bridgehead atoms. The number of hydrogen-bond acceptors (Lipinski definition) is 8. The van der Waals surface area contributed by atoms with Crippen molar-refractivity contribution in [3.05, 3.63) is 41.5 Å². The lowest BCUT2D eigenvalue weighted by Gasteiger charge is -2.16. The summed E-state index contributed by atoms with van der Waals surface area (Å²) in [5.41, 5.74) is 1.83. The molecule has 0 aliphatic rings. The summed E-state index contributed by atoms with van der Waals surface area (Å²) in [6.45, 7) is 4.52. The average molecular weight is 420 g/mol. The quantitative estimate of drug-likeness (QED) is 0.345. The topological polar surface area (TPSA) is 93.2 Å². The molecule has 0 saturated carbocycles. The highest BCUT2D eigenvalue weighted by Crippen LogP contribution is 2.39. The Kier molecular flexibility index (Phi) is 10.1. The van der Waals surface area contributed by atoms with Crippen LogP contribution in [0.5, 0.6) is 28.7 Å². The van der Waals surface area contributed by atoms with Gasteiger partial charge in [-0.2, -0.15) is 0 Å². The molecule has 4 N–H and O–H groups in total. The Hall–Kier alpha value is -2.68. The molecule has 2 aromatic rings. The van der Waals surface area contributed by atoms with Crippen LogP contribution in [0.4, 0.5) is 0 Å². The smallest absolute Gasteiger partial charge is 0.203 e. The van der Waals surface area contributed by atoms with E-state index in [2.05, 4.69) is 16.0 Å². The first-order valence-corrected chi connectivity index (χ1v) is 9.91. The number of methoxy groups -OCH3 is 4. The second-order valence-electron chi connectivity index (χ2n) is 6.57. The van der Waals surface area contributed by atoms with Crippen LogP contribution in [0.15, 0.2) is 30.3 Å². The highest BCUT2D eigenvalue weighted by atomic mass is 16.5. The van der Waals surface area contributed by atoms with Crippen molar-refractivity contribution in [1.82, 2.24) is 16.0 Å². The molecule has 8 heteroatoms. The number of ether oxygens (including phenoxy) is 4. The largest absolute Gasteiger partial charge is 0.504 e. The maximum Gasteiger partial charge on any atom is 0.203 e. The van der Waals surface area contributed by atoms with Gasteiger partial charge in [0.1, 0.15) is 0 Å². The summed E-state index contributed by atoms with van der Waals surface area (Å²) in [6, 6.07) is 9.34. The Bertz CT molecular complexity index is 786. The zero-order chi connectivity index (χ0) is 21.8. The van der Waals surface area contributed by atoms with Crippen LogP contribution in [0, 0.1) is 0 Å². The summed E-state index contributed by atoms with van der Waals surface area (Å²) < 4.78 is 21.3. The summed E-state index contributed by atoms with van der Waals surface area (Å²) in [5, 5.41) is 20.2. The van der Waals surface area contributed by atoms with E-state index in [9.17, 15) is 5.11 Å². The van der Waals surface area contributed by atoms with Gasteiger partial charge in [0.25, 0.3) is 0 Å². The Morgan fingerprint density at radius 3 is 1.83 bits per heavy atom. The number of aromatic hydroxyl groups is 1. The molecule has 8 nitrogen and oxygen atoms in total. The van der Waals surface area contributed by atoms with Gasteiger partial charge in [-0.1, -0.05) is 18.2 Å². The number of nitrogens with one attached hydrogen (secondary N) is 3.